The third-order valence-corrected chi connectivity index (χ3v) is 3.38. The molecule has 1 aliphatic rings. The van der Waals surface area contributed by atoms with E-state index in [1.807, 2.05) is 0 Å². The SMILES string of the molecule is COCCNCC1CCCN(CCN(C)C)C1. The molecule has 1 fully saturated rings. The molecule has 4 nitrogen and oxygen atoms in total. The first-order valence-electron chi connectivity index (χ1n) is 6.79. The highest BCUT2D eigenvalue weighted by Crippen LogP contribution is 2.15. The summed E-state index contributed by atoms with van der Waals surface area (Å²) in [7, 11) is 6.05. The number of nitrogens with one attached hydrogen (secondary N) is 1. The third-order valence-electron chi connectivity index (χ3n) is 3.38. The molecule has 17 heavy (non-hydrogen) atoms. The van der Waals surface area contributed by atoms with Crippen LogP contribution >= 0.6 is 0 Å². The highest BCUT2D eigenvalue weighted by Gasteiger charge is 2.19. The number of hydrogen-bond donors (Lipinski definition) is 1. The molecule has 1 heterocycles. The molecule has 1 rings (SSSR count). The first-order chi connectivity index (χ1) is 8.22. The summed E-state index contributed by atoms with van der Waals surface area (Å²) in [5.74, 6) is 0.822. The molecule has 0 saturated carbocycles. The summed E-state index contributed by atoms with van der Waals surface area (Å²) in [4.78, 5) is 4.87. The fourth-order valence-electron chi connectivity index (χ4n) is 2.34. The van der Waals surface area contributed by atoms with Crippen molar-refractivity contribution in [3.63, 3.8) is 0 Å². The number of likely N-dealkylation sites (N-methyl/N-ethyl adjacent to an activating group) is 1. The Kier molecular flexibility index (Phi) is 7.77. The quantitative estimate of drug-likeness (QED) is 0.628. The van der Waals surface area contributed by atoms with Gasteiger partial charge in [-0.15, -0.1) is 0 Å². The highest BCUT2D eigenvalue weighted by molar-refractivity contribution is 4.75. The second-order valence-electron chi connectivity index (χ2n) is 5.31. The second-order valence-corrected chi connectivity index (χ2v) is 5.31. The molecule has 0 aliphatic carbocycles. The van der Waals surface area contributed by atoms with E-state index in [1.54, 1.807) is 7.11 Å². The number of methoxy groups -OCH3 is 1. The Morgan fingerprint density at radius 2 is 2.24 bits per heavy atom. The van der Waals surface area contributed by atoms with Gasteiger partial charge in [0, 0.05) is 33.3 Å². The normalized spacial score (nSPS) is 22.2. The average molecular weight is 243 g/mol. The summed E-state index contributed by atoms with van der Waals surface area (Å²) in [5.41, 5.74) is 0. The Balaban J connectivity index is 2.10. The summed E-state index contributed by atoms with van der Waals surface area (Å²) in [6.45, 7) is 7.85. The van der Waals surface area contributed by atoms with Crippen LogP contribution in [0.4, 0.5) is 0 Å². The van der Waals surface area contributed by atoms with Gasteiger partial charge in [0.2, 0.25) is 0 Å². The minimum Gasteiger partial charge on any atom is -0.383 e. The maximum absolute atomic E-state index is 5.04. The molecule has 4 heteroatoms. The number of hydrogen-bond acceptors (Lipinski definition) is 4. The fraction of sp³-hybridized carbons (Fsp3) is 1.00. The van der Waals surface area contributed by atoms with Gasteiger partial charge < -0.3 is 19.9 Å². The van der Waals surface area contributed by atoms with Crippen LogP contribution in [0, 0.1) is 5.92 Å². The molecule has 0 aromatic carbocycles. The van der Waals surface area contributed by atoms with Gasteiger partial charge in [0.25, 0.3) is 0 Å². The van der Waals surface area contributed by atoms with Crippen molar-refractivity contribution in [2.75, 3.05) is 67.1 Å². The largest absolute Gasteiger partial charge is 0.383 e. The van der Waals surface area contributed by atoms with E-state index in [9.17, 15) is 0 Å². The van der Waals surface area contributed by atoms with E-state index < -0.39 is 0 Å². The number of likely N-dealkylation sites (tertiary alicyclic amines) is 1. The molecule has 0 bridgehead atoms. The van der Waals surface area contributed by atoms with Crippen molar-refractivity contribution in [1.82, 2.24) is 15.1 Å². The van der Waals surface area contributed by atoms with Crippen LogP contribution in [0.2, 0.25) is 0 Å². The molecule has 1 saturated heterocycles. The summed E-state index contributed by atoms with van der Waals surface area (Å²) < 4.78 is 5.04. The van der Waals surface area contributed by atoms with E-state index in [4.69, 9.17) is 4.74 Å². The summed E-state index contributed by atoms with van der Waals surface area (Å²) in [6.07, 6.45) is 2.72. The molecule has 1 unspecified atom stereocenters. The zero-order valence-corrected chi connectivity index (χ0v) is 11.7. The molecule has 1 atom stereocenters. The van der Waals surface area contributed by atoms with Crippen LogP contribution in [0.25, 0.3) is 0 Å². The van der Waals surface area contributed by atoms with Gasteiger partial charge in [0.15, 0.2) is 0 Å². The zero-order valence-electron chi connectivity index (χ0n) is 11.7. The lowest BCUT2D eigenvalue weighted by atomic mass is 9.98. The Labute approximate surface area is 106 Å². The Bertz CT molecular complexity index is 188. The monoisotopic (exact) mass is 243 g/mol. The number of nitrogens with zero attached hydrogens (tertiary/aromatic N) is 2. The van der Waals surface area contributed by atoms with Crippen LogP contribution < -0.4 is 5.32 Å². The van der Waals surface area contributed by atoms with Crippen LogP contribution in [0.15, 0.2) is 0 Å². The van der Waals surface area contributed by atoms with Crippen molar-refractivity contribution in [2.45, 2.75) is 12.8 Å². The fourth-order valence-corrected chi connectivity index (χ4v) is 2.34. The van der Waals surface area contributed by atoms with Gasteiger partial charge in [-0.2, -0.15) is 0 Å². The number of ether oxygens (including phenoxy) is 1. The molecular weight excluding hydrogens is 214 g/mol. The number of rotatable bonds is 8. The van der Waals surface area contributed by atoms with Crippen molar-refractivity contribution in [1.29, 1.82) is 0 Å². The van der Waals surface area contributed by atoms with E-state index >= 15 is 0 Å². The maximum atomic E-state index is 5.04. The van der Waals surface area contributed by atoms with E-state index in [1.165, 1.54) is 39.0 Å². The van der Waals surface area contributed by atoms with Gasteiger partial charge in [0.05, 0.1) is 6.61 Å². The smallest absolute Gasteiger partial charge is 0.0587 e. The second kappa shape index (κ2) is 8.86. The minimum atomic E-state index is 0.817. The van der Waals surface area contributed by atoms with Crippen molar-refractivity contribution in [2.24, 2.45) is 5.92 Å². The van der Waals surface area contributed by atoms with Gasteiger partial charge in [-0.25, -0.2) is 0 Å². The number of piperidine rings is 1. The Morgan fingerprint density at radius 1 is 1.41 bits per heavy atom. The van der Waals surface area contributed by atoms with E-state index in [0.717, 1.165) is 25.6 Å². The standard InChI is InChI=1S/C13H29N3O/c1-15(2)8-9-16-7-4-5-13(12-16)11-14-6-10-17-3/h13-14H,4-12H2,1-3H3. The molecule has 1 N–H and O–H groups in total. The van der Waals surface area contributed by atoms with Crippen LogP contribution in [0.1, 0.15) is 12.8 Å². The average Bonchev–Trinajstić information content (AvgIpc) is 2.33. The molecule has 0 radical (unpaired) electrons. The van der Waals surface area contributed by atoms with E-state index in [-0.39, 0.29) is 0 Å². The Hall–Kier alpha value is -0.160. The molecule has 0 aromatic rings. The summed E-state index contributed by atoms with van der Waals surface area (Å²) in [5, 5.41) is 3.48. The van der Waals surface area contributed by atoms with Gasteiger partial charge in [0.1, 0.15) is 0 Å². The molecular formula is C13H29N3O. The molecule has 0 spiro atoms. The van der Waals surface area contributed by atoms with Crippen LogP contribution in [0.3, 0.4) is 0 Å². The van der Waals surface area contributed by atoms with Gasteiger partial charge >= 0.3 is 0 Å². The first kappa shape index (κ1) is 14.9. The van der Waals surface area contributed by atoms with Crippen molar-refractivity contribution < 1.29 is 4.74 Å². The maximum Gasteiger partial charge on any atom is 0.0587 e. The summed E-state index contributed by atoms with van der Waals surface area (Å²) in [6, 6.07) is 0. The van der Waals surface area contributed by atoms with Crippen molar-refractivity contribution in [3.05, 3.63) is 0 Å². The predicted octanol–water partition coefficient (Wildman–Crippen LogP) is 0.496. The Morgan fingerprint density at radius 3 is 2.94 bits per heavy atom. The zero-order chi connectivity index (χ0) is 12.5. The van der Waals surface area contributed by atoms with Crippen LogP contribution in [-0.4, -0.2) is 76.9 Å². The lowest BCUT2D eigenvalue weighted by Crippen LogP contribution is -2.42. The van der Waals surface area contributed by atoms with Crippen molar-refractivity contribution >= 4 is 0 Å². The van der Waals surface area contributed by atoms with Crippen molar-refractivity contribution in [3.8, 4) is 0 Å². The molecule has 1 aliphatic heterocycles. The molecule has 102 valence electrons. The minimum absolute atomic E-state index is 0.817. The lowest BCUT2D eigenvalue weighted by Gasteiger charge is -2.33. The first-order valence-corrected chi connectivity index (χ1v) is 6.79. The molecule has 0 amide bonds. The predicted molar refractivity (Wildman–Crippen MR) is 72.5 cm³/mol. The van der Waals surface area contributed by atoms with Crippen LogP contribution in [0.5, 0.6) is 0 Å². The van der Waals surface area contributed by atoms with Gasteiger partial charge in [-0.3, -0.25) is 0 Å². The highest BCUT2D eigenvalue weighted by atomic mass is 16.5. The molecule has 0 aromatic heterocycles. The van der Waals surface area contributed by atoms with Crippen LogP contribution in [-0.2, 0) is 4.74 Å². The van der Waals surface area contributed by atoms with Gasteiger partial charge in [-0.05, 0) is 45.9 Å². The van der Waals surface area contributed by atoms with E-state index in [2.05, 4.69) is 29.2 Å². The summed E-state index contributed by atoms with van der Waals surface area (Å²) >= 11 is 0. The van der Waals surface area contributed by atoms with Gasteiger partial charge in [-0.1, -0.05) is 0 Å². The topological polar surface area (TPSA) is 27.7 Å². The lowest BCUT2D eigenvalue weighted by molar-refractivity contribution is 0.155. The third kappa shape index (κ3) is 6.99. The van der Waals surface area contributed by atoms with E-state index in [0.29, 0.717) is 0 Å².